The topological polar surface area (TPSA) is 211 Å². The molecule has 0 aliphatic rings. The SMILES string of the molecule is COC(=O)CCCCCCCN(C(=O)CNC(=O)[C@@H](N)Cc1c(C)cc(O)cc1C)[C@@H](Cc1ccccc1)C(=O)NC(=O)C(N)CCS(C)=O. The summed E-state index contributed by atoms with van der Waals surface area (Å²) in [6.07, 6.45) is 5.64. The number of phenolic OH excluding ortho intramolecular Hbond substituents is 1. The van der Waals surface area contributed by atoms with Gasteiger partial charge in [-0.15, -0.1) is 0 Å². The van der Waals surface area contributed by atoms with Crippen LogP contribution in [-0.4, -0.2) is 94.1 Å². The average Bonchev–Trinajstić information content (AvgIpc) is 3.07. The lowest BCUT2D eigenvalue weighted by molar-refractivity contribution is -0.143. The van der Waals surface area contributed by atoms with Crippen LogP contribution >= 0.6 is 0 Å². The molecule has 50 heavy (non-hydrogen) atoms. The van der Waals surface area contributed by atoms with Crippen LogP contribution in [0.25, 0.3) is 0 Å². The highest BCUT2D eigenvalue weighted by Gasteiger charge is 2.32. The van der Waals surface area contributed by atoms with Crippen LogP contribution < -0.4 is 22.1 Å². The molecule has 7 N–H and O–H groups in total. The zero-order valence-corrected chi connectivity index (χ0v) is 30.4. The number of methoxy groups -OCH3 is 1. The van der Waals surface area contributed by atoms with Gasteiger partial charge in [0, 0.05) is 42.2 Å². The van der Waals surface area contributed by atoms with Crippen LogP contribution in [0.2, 0.25) is 0 Å². The third-order valence-corrected chi connectivity index (χ3v) is 9.24. The molecule has 0 heterocycles. The summed E-state index contributed by atoms with van der Waals surface area (Å²) >= 11 is 0. The molecule has 0 aliphatic carbocycles. The molecule has 0 radical (unpaired) electrons. The number of aromatic hydroxyl groups is 1. The number of aryl methyl sites for hydroxylation is 2. The summed E-state index contributed by atoms with van der Waals surface area (Å²) in [5.41, 5.74) is 15.3. The number of nitrogens with one attached hydrogen (secondary N) is 2. The zero-order chi connectivity index (χ0) is 37.2. The summed E-state index contributed by atoms with van der Waals surface area (Å²) in [6.45, 7) is 3.35. The molecular weight excluding hydrogens is 662 g/mol. The summed E-state index contributed by atoms with van der Waals surface area (Å²) in [4.78, 5) is 66.3. The Morgan fingerprint density at radius 3 is 2.12 bits per heavy atom. The van der Waals surface area contributed by atoms with Gasteiger partial charge >= 0.3 is 5.97 Å². The first-order chi connectivity index (χ1) is 23.7. The first-order valence-electron chi connectivity index (χ1n) is 16.9. The number of imide groups is 1. The molecule has 2 rings (SSSR count). The van der Waals surface area contributed by atoms with E-state index in [9.17, 15) is 33.3 Å². The highest BCUT2D eigenvalue weighted by atomic mass is 32.2. The molecule has 2 aromatic carbocycles. The van der Waals surface area contributed by atoms with E-state index in [4.69, 9.17) is 11.5 Å². The van der Waals surface area contributed by atoms with Gasteiger partial charge in [-0.1, -0.05) is 49.6 Å². The normalized spacial score (nSPS) is 13.4. The van der Waals surface area contributed by atoms with Crippen LogP contribution in [-0.2, 0) is 52.4 Å². The van der Waals surface area contributed by atoms with Gasteiger partial charge in [-0.25, -0.2) is 0 Å². The fourth-order valence-electron chi connectivity index (χ4n) is 5.54. The fraction of sp³-hybridized carbons (Fsp3) is 0.528. The minimum absolute atomic E-state index is 0.0892. The highest BCUT2D eigenvalue weighted by Crippen LogP contribution is 2.22. The Labute approximate surface area is 297 Å². The predicted molar refractivity (Wildman–Crippen MR) is 192 cm³/mol. The van der Waals surface area contributed by atoms with Crippen LogP contribution in [0.15, 0.2) is 42.5 Å². The number of nitrogens with two attached hydrogens (primary N) is 2. The Balaban J connectivity index is 2.24. The maximum atomic E-state index is 13.8. The summed E-state index contributed by atoms with van der Waals surface area (Å²) in [7, 11) is 0.172. The standard InChI is InChI=1S/C36H53N5O8S/c1-24-19-27(42)20-25(2)28(24)22-30(38)34(45)39-23-32(43)41(17-12-7-5-6-11-15-33(44)49-3)31(21-26-13-9-8-10-14-26)36(47)40-35(46)29(37)16-18-50(4)48/h8-10,13-14,19-20,29-31,42H,5-7,11-12,15-18,21-23,37-38H2,1-4H3,(H,39,45)(H,40,46,47)/t29?,30-,31-,50?/m0/s1. The van der Waals surface area contributed by atoms with E-state index in [2.05, 4.69) is 15.4 Å². The predicted octanol–water partition coefficient (Wildman–Crippen LogP) is 1.69. The van der Waals surface area contributed by atoms with Crippen LogP contribution in [0, 0.1) is 13.8 Å². The Morgan fingerprint density at radius 1 is 0.880 bits per heavy atom. The molecule has 2 unspecified atom stereocenters. The smallest absolute Gasteiger partial charge is 0.305 e. The molecule has 2 aromatic rings. The Bertz CT molecular complexity index is 1450. The van der Waals surface area contributed by atoms with Crippen molar-refractivity contribution in [2.75, 3.05) is 32.2 Å². The first-order valence-corrected chi connectivity index (χ1v) is 18.6. The van der Waals surface area contributed by atoms with Crippen LogP contribution in [0.1, 0.15) is 67.2 Å². The van der Waals surface area contributed by atoms with Gasteiger partial charge in [0.25, 0.3) is 0 Å². The second-order valence-corrected chi connectivity index (χ2v) is 14.1. The van der Waals surface area contributed by atoms with Crippen molar-refractivity contribution >= 4 is 40.4 Å². The van der Waals surface area contributed by atoms with Crippen LogP contribution in [0.3, 0.4) is 0 Å². The number of hydrogen-bond acceptors (Lipinski definition) is 10. The summed E-state index contributed by atoms with van der Waals surface area (Å²) in [6, 6.07) is 9.05. The third-order valence-electron chi connectivity index (χ3n) is 8.43. The van der Waals surface area contributed by atoms with Crippen LogP contribution in [0.5, 0.6) is 5.75 Å². The van der Waals surface area contributed by atoms with E-state index in [1.165, 1.54) is 18.3 Å². The van der Waals surface area contributed by atoms with Gasteiger partial charge in [0.15, 0.2) is 0 Å². The number of unbranched alkanes of at least 4 members (excludes halogenated alkanes) is 4. The van der Waals surface area contributed by atoms with Crippen LogP contribution in [0.4, 0.5) is 0 Å². The number of hydrogen-bond donors (Lipinski definition) is 5. The number of nitrogens with zero attached hydrogens (tertiary/aromatic N) is 1. The number of carbonyl (C=O) groups excluding carboxylic acids is 5. The molecule has 0 aromatic heterocycles. The molecule has 0 saturated carbocycles. The lowest BCUT2D eigenvalue weighted by Gasteiger charge is -2.31. The monoisotopic (exact) mass is 715 g/mol. The van der Waals surface area contributed by atoms with E-state index in [1.54, 1.807) is 24.3 Å². The molecule has 4 amide bonds. The zero-order valence-electron chi connectivity index (χ0n) is 29.6. The van der Waals surface area contributed by atoms with Crippen molar-refractivity contribution in [3.05, 3.63) is 64.7 Å². The minimum atomic E-state index is -1.17. The van der Waals surface area contributed by atoms with Gasteiger partial charge in [-0.3, -0.25) is 33.5 Å². The van der Waals surface area contributed by atoms with E-state index >= 15 is 0 Å². The second kappa shape index (κ2) is 21.8. The average molecular weight is 716 g/mol. The van der Waals surface area contributed by atoms with Gasteiger partial charge in [0.05, 0.1) is 25.7 Å². The molecule has 0 aliphatic heterocycles. The molecule has 0 fully saturated rings. The van der Waals surface area contributed by atoms with Crippen molar-refractivity contribution in [1.29, 1.82) is 0 Å². The lowest BCUT2D eigenvalue weighted by atomic mass is 9.96. The van der Waals surface area contributed by atoms with E-state index in [0.29, 0.717) is 25.7 Å². The van der Waals surface area contributed by atoms with Gasteiger partial charge in [-0.2, -0.15) is 0 Å². The molecule has 0 bridgehead atoms. The second-order valence-electron chi connectivity index (χ2n) is 12.5. The van der Waals surface area contributed by atoms with Crippen molar-refractivity contribution in [2.24, 2.45) is 11.5 Å². The number of amides is 4. The molecular formula is C36H53N5O8S. The molecule has 0 spiro atoms. The molecule has 13 nitrogen and oxygen atoms in total. The quantitative estimate of drug-likeness (QED) is 0.0933. The van der Waals surface area contributed by atoms with E-state index in [0.717, 1.165) is 35.1 Å². The van der Waals surface area contributed by atoms with Gasteiger partial charge in [0.1, 0.15) is 11.8 Å². The maximum Gasteiger partial charge on any atom is 0.305 e. The Morgan fingerprint density at radius 2 is 1.50 bits per heavy atom. The fourth-order valence-corrected chi connectivity index (χ4v) is 6.13. The van der Waals surface area contributed by atoms with Crippen molar-refractivity contribution < 1.29 is 38.0 Å². The van der Waals surface area contributed by atoms with Gasteiger partial charge < -0.3 is 31.5 Å². The third kappa shape index (κ3) is 14.8. The van der Waals surface area contributed by atoms with Crippen molar-refractivity contribution in [3.63, 3.8) is 0 Å². The lowest BCUT2D eigenvalue weighted by Crippen LogP contribution is -2.56. The van der Waals surface area contributed by atoms with Crippen molar-refractivity contribution in [2.45, 2.75) is 89.8 Å². The largest absolute Gasteiger partial charge is 0.508 e. The number of benzene rings is 2. The van der Waals surface area contributed by atoms with E-state index in [-0.39, 0.29) is 43.3 Å². The number of esters is 1. The Hall–Kier alpha value is -4.14. The van der Waals surface area contributed by atoms with Crippen molar-refractivity contribution in [1.82, 2.24) is 15.5 Å². The molecule has 14 heteroatoms. The Kier molecular flexibility index (Phi) is 18.4. The van der Waals surface area contributed by atoms with Crippen molar-refractivity contribution in [3.8, 4) is 5.75 Å². The molecule has 4 atom stereocenters. The highest BCUT2D eigenvalue weighted by molar-refractivity contribution is 7.84. The summed E-state index contributed by atoms with van der Waals surface area (Å²) < 4.78 is 16.2. The molecule has 276 valence electrons. The van der Waals surface area contributed by atoms with E-state index in [1.807, 2.05) is 32.0 Å². The number of carbonyl (C=O) groups is 5. The number of phenols is 1. The summed E-state index contributed by atoms with van der Waals surface area (Å²) in [5.74, 6) is -2.53. The summed E-state index contributed by atoms with van der Waals surface area (Å²) in [5, 5.41) is 14.8. The minimum Gasteiger partial charge on any atom is -0.508 e. The number of rotatable bonds is 21. The van der Waals surface area contributed by atoms with E-state index < -0.39 is 59.1 Å². The first kappa shape index (κ1) is 42.0. The molecule has 0 saturated heterocycles. The van der Waals surface area contributed by atoms with Gasteiger partial charge in [-0.05, 0) is 73.9 Å². The van der Waals surface area contributed by atoms with Gasteiger partial charge in [0.2, 0.25) is 23.6 Å². The number of ether oxygens (including phenoxy) is 1. The maximum absolute atomic E-state index is 13.8.